The summed E-state index contributed by atoms with van der Waals surface area (Å²) in [5, 5.41) is 48.5. The highest BCUT2D eigenvalue weighted by Gasteiger charge is 2.50. The molecule has 6 atom stereocenters. The van der Waals surface area contributed by atoms with Crippen LogP contribution in [-0.2, 0) is 20.9 Å². The Morgan fingerprint density at radius 3 is 2.39 bits per heavy atom. The first-order valence-corrected chi connectivity index (χ1v) is 11.4. The highest BCUT2D eigenvalue weighted by atomic mass is 35.5. The molecule has 4 N–H and O–H groups in total. The molecular weight excluding hydrogens is 542 g/mol. The molecule has 0 saturated carbocycles. The molecule has 1 saturated heterocycles. The van der Waals surface area contributed by atoms with E-state index in [0.717, 1.165) is 16.9 Å². The van der Waals surface area contributed by atoms with Crippen molar-refractivity contribution >= 4 is 17.6 Å². The minimum absolute atomic E-state index is 0.157. The standard InChI is InChI=1S/C23H20ClF4N3O7/c24-11-2-1-9(3-12(11)25)8-37-22(23(35)36)21-20(34)18(19(33)16(7-32)38-21)31-6-15(29-30-31)10-4-13(26)17(28)14(27)5-10/h1-6,16,18-22,32-34H,7-8H2,(H,35,36)/t16?,18?,19-,20?,21+,22-/m0/s1. The Labute approximate surface area is 216 Å². The largest absolute Gasteiger partial charge is 0.479 e. The van der Waals surface area contributed by atoms with Crippen LogP contribution in [0.3, 0.4) is 0 Å². The van der Waals surface area contributed by atoms with Crippen LogP contribution >= 0.6 is 11.6 Å². The molecule has 3 aromatic rings. The van der Waals surface area contributed by atoms with E-state index in [0.29, 0.717) is 12.1 Å². The fourth-order valence-corrected chi connectivity index (χ4v) is 4.19. The summed E-state index contributed by atoms with van der Waals surface area (Å²) in [6, 6.07) is 3.52. The first kappa shape index (κ1) is 27.9. The average Bonchev–Trinajstić information content (AvgIpc) is 3.35. The van der Waals surface area contributed by atoms with E-state index >= 15 is 0 Å². The van der Waals surface area contributed by atoms with Gasteiger partial charge in [-0.25, -0.2) is 27.0 Å². The second-order valence-corrected chi connectivity index (χ2v) is 8.86. The lowest BCUT2D eigenvalue weighted by Gasteiger charge is -2.43. The van der Waals surface area contributed by atoms with Crippen LogP contribution in [-0.4, -0.2) is 78.5 Å². The van der Waals surface area contributed by atoms with E-state index in [-0.39, 0.29) is 21.8 Å². The van der Waals surface area contributed by atoms with Crippen LogP contribution in [0.2, 0.25) is 5.02 Å². The van der Waals surface area contributed by atoms with Gasteiger partial charge in [-0.3, -0.25) is 0 Å². The molecule has 0 amide bonds. The predicted molar refractivity (Wildman–Crippen MR) is 120 cm³/mol. The molecule has 1 aromatic heterocycles. The molecule has 0 bridgehead atoms. The quantitative estimate of drug-likeness (QED) is 0.239. The number of carbonyl (C=O) groups is 1. The predicted octanol–water partition coefficient (Wildman–Crippen LogP) is 1.85. The lowest BCUT2D eigenvalue weighted by atomic mass is 9.90. The Hall–Kier alpha value is -3.14. The van der Waals surface area contributed by atoms with Crippen molar-refractivity contribution in [3.8, 4) is 11.3 Å². The Morgan fingerprint density at radius 1 is 1.11 bits per heavy atom. The third-order valence-corrected chi connectivity index (χ3v) is 6.29. The van der Waals surface area contributed by atoms with E-state index in [4.69, 9.17) is 21.1 Å². The Morgan fingerprint density at radius 2 is 1.79 bits per heavy atom. The highest BCUT2D eigenvalue weighted by Crippen LogP contribution is 2.33. The molecule has 10 nitrogen and oxygen atoms in total. The molecule has 0 aliphatic carbocycles. The molecule has 1 aliphatic heterocycles. The summed E-state index contributed by atoms with van der Waals surface area (Å²) in [6.45, 7) is -1.23. The van der Waals surface area contributed by atoms with E-state index in [1.807, 2.05) is 0 Å². The molecule has 38 heavy (non-hydrogen) atoms. The molecule has 0 spiro atoms. The van der Waals surface area contributed by atoms with Crippen LogP contribution in [0.25, 0.3) is 11.3 Å². The van der Waals surface area contributed by atoms with Gasteiger partial charge in [0.05, 0.1) is 24.4 Å². The van der Waals surface area contributed by atoms with Gasteiger partial charge in [-0.05, 0) is 29.8 Å². The molecule has 2 aromatic carbocycles. The maximum absolute atomic E-state index is 13.7. The zero-order valence-corrected chi connectivity index (χ0v) is 19.8. The number of carboxylic acids is 1. The van der Waals surface area contributed by atoms with Gasteiger partial charge in [0.1, 0.15) is 42.0 Å². The second kappa shape index (κ2) is 11.3. The van der Waals surface area contributed by atoms with Gasteiger partial charge in [-0.1, -0.05) is 22.9 Å². The first-order valence-electron chi connectivity index (χ1n) is 11.0. The smallest absolute Gasteiger partial charge is 0.335 e. The fourth-order valence-electron chi connectivity index (χ4n) is 4.07. The molecule has 1 fully saturated rings. The highest BCUT2D eigenvalue weighted by molar-refractivity contribution is 6.30. The molecule has 3 unspecified atom stereocenters. The van der Waals surface area contributed by atoms with Gasteiger partial charge < -0.3 is 29.9 Å². The number of halogens is 5. The Bertz CT molecular complexity index is 1310. The van der Waals surface area contributed by atoms with Crippen LogP contribution in [0, 0.1) is 23.3 Å². The number of hydrogen-bond donors (Lipinski definition) is 4. The van der Waals surface area contributed by atoms with Crippen LogP contribution in [0.4, 0.5) is 17.6 Å². The van der Waals surface area contributed by atoms with E-state index in [1.54, 1.807) is 0 Å². The monoisotopic (exact) mass is 561 g/mol. The van der Waals surface area contributed by atoms with E-state index in [2.05, 4.69) is 10.3 Å². The lowest BCUT2D eigenvalue weighted by Crippen LogP contribution is -2.60. The summed E-state index contributed by atoms with van der Waals surface area (Å²) in [6.07, 6.45) is -7.36. The maximum Gasteiger partial charge on any atom is 0.335 e. The van der Waals surface area contributed by atoms with Crippen molar-refractivity contribution < 1.29 is 52.3 Å². The summed E-state index contributed by atoms with van der Waals surface area (Å²) in [5.41, 5.74) is -0.152. The van der Waals surface area contributed by atoms with Crippen molar-refractivity contribution in [3.05, 3.63) is 70.4 Å². The molecule has 15 heteroatoms. The van der Waals surface area contributed by atoms with Crippen LogP contribution < -0.4 is 0 Å². The number of carboxylic acid groups (broad SMARTS) is 1. The van der Waals surface area contributed by atoms with Gasteiger partial charge in [-0.15, -0.1) is 5.10 Å². The van der Waals surface area contributed by atoms with Crippen molar-refractivity contribution in [1.82, 2.24) is 15.0 Å². The van der Waals surface area contributed by atoms with Crippen molar-refractivity contribution in [2.75, 3.05) is 6.61 Å². The van der Waals surface area contributed by atoms with Gasteiger partial charge >= 0.3 is 5.97 Å². The van der Waals surface area contributed by atoms with Crippen molar-refractivity contribution in [2.24, 2.45) is 0 Å². The zero-order chi connectivity index (χ0) is 27.7. The number of aliphatic hydroxyl groups is 3. The summed E-state index contributed by atoms with van der Waals surface area (Å²) < 4.78 is 66.2. The summed E-state index contributed by atoms with van der Waals surface area (Å²) >= 11 is 5.64. The number of aliphatic carboxylic acids is 1. The fraction of sp³-hybridized carbons (Fsp3) is 0.348. The number of rotatable bonds is 8. The van der Waals surface area contributed by atoms with Gasteiger partial charge in [0.2, 0.25) is 0 Å². The van der Waals surface area contributed by atoms with Crippen LogP contribution in [0.15, 0.2) is 36.5 Å². The van der Waals surface area contributed by atoms with Gasteiger partial charge in [0, 0.05) is 5.56 Å². The zero-order valence-electron chi connectivity index (χ0n) is 19.1. The number of hydrogen-bond acceptors (Lipinski definition) is 8. The van der Waals surface area contributed by atoms with E-state index in [9.17, 15) is 42.8 Å². The molecule has 1 aliphatic rings. The molecular formula is C23H20ClF4N3O7. The number of ether oxygens (including phenoxy) is 2. The minimum Gasteiger partial charge on any atom is -0.479 e. The van der Waals surface area contributed by atoms with Crippen LogP contribution in [0.5, 0.6) is 0 Å². The van der Waals surface area contributed by atoms with Gasteiger partial charge in [-0.2, -0.15) is 0 Å². The number of aromatic nitrogens is 3. The average molecular weight is 562 g/mol. The normalized spacial score (nSPS) is 24.4. The Balaban J connectivity index is 1.62. The van der Waals surface area contributed by atoms with Gasteiger partial charge in [0.25, 0.3) is 0 Å². The van der Waals surface area contributed by atoms with Crippen molar-refractivity contribution in [2.45, 2.75) is 43.2 Å². The second-order valence-electron chi connectivity index (χ2n) is 8.45. The SMILES string of the molecule is O=C(O)[C@@H](OCc1ccc(Cl)c(F)c1)[C@@H]1OC(CO)[C@H](O)C(n2cc(-c3cc(F)c(F)c(F)c3)nn2)C1O. The lowest BCUT2D eigenvalue weighted by molar-refractivity contribution is -0.238. The Kier molecular flexibility index (Phi) is 8.30. The van der Waals surface area contributed by atoms with Crippen LogP contribution in [0.1, 0.15) is 11.6 Å². The number of benzene rings is 2. The van der Waals surface area contributed by atoms with Crippen molar-refractivity contribution in [3.63, 3.8) is 0 Å². The van der Waals surface area contributed by atoms with Crippen molar-refractivity contribution in [1.29, 1.82) is 0 Å². The summed E-state index contributed by atoms with van der Waals surface area (Å²) in [7, 11) is 0. The third kappa shape index (κ3) is 5.50. The summed E-state index contributed by atoms with van der Waals surface area (Å²) in [5.74, 6) is -7.00. The molecule has 204 valence electrons. The molecule has 2 heterocycles. The first-order chi connectivity index (χ1) is 18.0. The molecule has 4 rings (SSSR count). The summed E-state index contributed by atoms with van der Waals surface area (Å²) in [4.78, 5) is 12.0. The van der Waals surface area contributed by atoms with Gasteiger partial charge in [0.15, 0.2) is 23.6 Å². The van der Waals surface area contributed by atoms with E-state index < -0.39 is 79.0 Å². The minimum atomic E-state index is -1.86. The third-order valence-electron chi connectivity index (χ3n) is 5.98. The number of nitrogens with zero attached hydrogens (tertiary/aromatic N) is 3. The number of aliphatic hydroxyl groups excluding tert-OH is 3. The van der Waals surface area contributed by atoms with E-state index in [1.165, 1.54) is 12.1 Å². The molecule has 0 radical (unpaired) electrons. The topological polar surface area (TPSA) is 147 Å². The maximum atomic E-state index is 13.7.